The highest BCUT2D eigenvalue weighted by molar-refractivity contribution is 5.80. The summed E-state index contributed by atoms with van der Waals surface area (Å²) in [4.78, 5) is 4.45. The molecule has 0 bridgehead atoms. The fraction of sp³-hybridized carbons (Fsp3) is 0. The molecule has 0 radical (unpaired) electrons. The molecule has 92 valence electrons. The standard InChI is InChI=1S/C17H12FN/c18-15-10-8-13(9-11-15)16-7-4-12-19-17(16)14-5-2-1-3-6-14/h1-12H. The number of aromatic nitrogens is 1. The third kappa shape index (κ3) is 2.38. The van der Waals surface area contributed by atoms with E-state index in [4.69, 9.17) is 0 Å². The molecular formula is C17H12FN. The number of halogens is 1. The number of hydrogen-bond donors (Lipinski definition) is 0. The largest absolute Gasteiger partial charge is 0.256 e. The van der Waals surface area contributed by atoms with Gasteiger partial charge in [0.1, 0.15) is 5.82 Å². The van der Waals surface area contributed by atoms with Crippen molar-refractivity contribution in [1.82, 2.24) is 4.98 Å². The number of hydrogen-bond acceptors (Lipinski definition) is 1. The summed E-state index contributed by atoms with van der Waals surface area (Å²) in [5.74, 6) is -0.228. The van der Waals surface area contributed by atoms with Crippen LogP contribution in [0.1, 0.15) is 0 Å². The first kappa shape index (κ1) is 11.6. The van der Waals surface area contributed by atoms with E-state index in [9.17, 15) is 4.39 Å². The minimum absolute atomic E-state index is 0.228. The summed E-state index contributed by atoms with van der Waals surface area (Å²) in [6.45, 7) is 0. The van der Waals surface area contributed by atoms with Crippen molar-refractivity contribution in [3.05, 3.63) is 78.7 Å². The van der Waals surface area contributed by atoms with Crippen molar-refractivity contribution >= 4 is 0 Å². The van der Waals surface area contributed by atoms with Gasteiger partial charge in [-0.25, -0.2) is 4.39 Å². The van der Waals surface area contributed by atoms with Gasteiger partial charge in [-0.2, -0.15) is 0 Å². The Morgan fingerprint density at radius 1 is 0.684 bits per heavy atom. The molecule has 2 aromatic carbocycles. The van der Waals surface area contributed by atoms with E-state index >= 15 is 0 Å². The van der Waals surface area contributed by atoms with Crippen LogP contribution in [0.25, 0.3) is 22.4 Å². The van der Waals surface area contributed by atoms with E-state index in [0.29, 0.717) is 0 Å². The molecule has 0 aliphatic carbocycles. The third-order valence-electron chi connectivity index (χ3n) is 3.01. The van der Waals surface area contributed by atoms with Crippen LogP contribution in [0.2, 0.25) is 0 Å². The SMILES string of the molecule is Fc1ccc(-c2cccnc2-c2ccccc2)cc1. The number of nitrogens with zero attached hydrogens (tertiary/aromatic N) is 1. The van der Waals surface area contributed by atoms with Crippen LogP contribution in [-0.4, -0.2) is 4.98 Å². The van der Waals surface area contributed by atoms with Crippen LogP contribution in [0.15, 0.2) is 72.9 Å². The van der Waals surface area contributed by atoms with Crippen molar-refractivity contribution in [3.8, 4) is 22.4 Å². The summed E-state index contributed by atoms with van der Waals surface area (Å²) in [5, 5.41) is 0. The molecule has 2 heteroatoms. The fourth-order valence-corrected chi connectivity index (χ4v) is 2.09. The molecular weight excluding hydrogens is 237 g/mol. The zero-order valence-corrected chi connectivity index (χ0v) is 10.3. The van der Waals surface area contributed by atoms with Crippen LogP contribution in [0, 0.1) is 5.82 Å². The quantitative estimate of drug-likeness (QED) is 0.649. The predicted molar refractivity (Wildman–Crippen MR) is 75.1 cm³/mol. The molecule has 0 N–H and O–H groups in total. The highest BCUT2D eigenvalue weighted by Gasteiger charge is 2.07. The first-order valence-electron chi connectivity index (χ1n) is 6.11. The van der Waals surface area contributed by atoms with Crippen molar-refractivity contribution in [2.24, 2.45) is 0 Å². The Bertz CT molecular complexity index is 675. The Balaban J connectivity index is 2.15. The van der Waals surface area contributed by atoms with Gasteiger partial charge in [-0.05, 0) is 23.8 Å². The Labute approximate surface area is 111 Å². The molecule has 0 spiro atoms. The van der Waals surface area contributed by atoms with Crippen molar-refractivity contribution in [3.63, 3.8) is 0 Å². The van der Waals surface area contributed by atoms with Gasteiger partial charge >= 0.3 is 0 Å². The zero-order chi connectivity index (χ0) is 13.1. The minimum atomic E-state index is -0.228. The molecule has 1 heterocycles. The van der Waals surface area contributed by atoms with Crippen LogP contribution < -0.4 is 0 Å². The predicted octanol–water partition coefficient (Wildman–Crippen LogP) is 4.55. The monoisotopic (exact) mass is 249 g/mol. The molecule has 0 fully saturated rings. The zero-order valence-electron chi connectivity index (χ0n) is 10.3. The molecule has 3 rings (SSSR count). The summed E-state index contributed by atoms with van der Waals surface area (Å²) in [6.07, 6.45) is 1.77. The van der Waals surface area contributed by atoms with Crippen LogP contribution in [0.3, 0.4) is 0 Å². The normalized spacial score (nSPS) is 10.4. The summed E-state index contributed by atoms with van der Waals surface area (Å²) in [5.41, 5.74) is 3.94. The Morgan fingerprint density at radius 2 is 1.42 bits per heavy atom. The number of rotatable bonds is 2. The molecule has 19 heavy (non-hydrogen) atoms. The number of pyridine rings is 1. The number of benzene rings is 2. The molecule has 1 aromatic heterocycles. The maximum atomic E-state index is 13.0. The second-order valence-corrected chi connectivity index (χ2v) is 4.27. The summed E-state index contributed by atoms with van der Waals surface area (Å²) in [6, 6.07) is 20.4. The van der Waals surface area contributed by atoms with Crippen molar-refractivity contribution in [1.29, 1.82) is 0 Å². The van der Waals surface area contributed by atoms with Crippen molar-refractivity contribution < 1.29 is 4.39 Å². The van der Waals surface area contributed by atoms with E-state index in [1.165, 1.54) is 12.1 Å². The Kier molecular flexibility index (Phi) is 3.07. The van der Waals surface area contributed by atoms with Crippen molar-refractivity contribution in [2.45, 2.75) is 0 Å². The lowest BCUT2D eigenvalue weighted by atomic mass is 9.99. The first-order valence-corrected chi connectivity index (χ1v) is 6.11. The van der Waals surface area contributed by atoms with Gasteiger partial charge in [0.25, 0.3) is 0 Å². The van der Waals surface area contributed by atoms with Gasteiger partial charge < -0.3 is 0 Å². The minimum Gasteiger partial charge on any atom is -0.256 e. The maximum Gasteiger partial charge on any atom is 0.123 e. The lowest BCUT2D eigenvalue weighted by Crippen LogP contribution is -1.88. The lowest BCUT2D eigenvalue weighted by molar-refractivity contribution is 0.628. The smallest absolute Gasteiger partial charge is 0.123 e. The topological polar surface area (TPSA) is 12.9 Å². The van der Waals surface area contributed by atoms with Gasteiger partial charge in [0.05, 0.1) is 5.69 Å². The van der Waals surface area contributed by atoms with Crippen LogP contribution in [-0.2, 0) is 0 Å². The Hall–Kier alpha value is -2.48. The van der Waals surface area contributed by atoms with Crippen LogP contribution in [0.5, 0.6) is 0 Å². The average molecular weight is 249 g/mol. The molecule has 0 amide bonds. The summed E-state index contributed by atoms with van der Waals surface area (Å²) in [7, 11) is 0. The van der Waals surface area contributed by atoms with Gasteiger partial charge in [-0.3, -0.25) is 4.98 Å². The van der Waals surface area contributed by atoms with E-state index in [0.717, 1.165) is 22.4 Å². The highest BCUT2D eigenvalue weighted by atomic mass is 19.1. The van der Waals surface area contributed by atoms with Crippen LogP contribution >= 0.6 is 0 Å². The van der Waals surface area contributed by atoms with E-state index in [1.807, 2.05) is 42.5 Å². The lowest BCUT2D eigenvalue weighted by Gasteiger charge is -2.08. The highest BCUT2D eigenvalue weighted by Crippen LogP contribution is 2.29. The molecule has 0 atom stereocenters. The Morgan fingerprint density at radius 3 is 2.16 bits per heavy atom. The molecule has 0 unspecified atom stereocenters. The second-order valence-electron chi connectivity index (χ2n) is 4.27. The molecule has 3 aromatic rings. The van der Waals surface area contributed by atoms with Crippen LogP contribution in [0.4, 0.5) is 4.39 Å². The molecule has 0 saturated heterocycles. The summed E-state index contributed by atoms with van der Waals surface area (Å²) >= 11 is 0. The van der Waals surface area contributed by atoms with Gasteiger partial charge in [0.15, 0.2) is 0 Å². The second kappa shape index (κ2) is 5.02. The van der Waals surface area contributed by atoms with Gasteiger partial charge in [0, 0.05) is 17.3 Å². The van der Waals surface area contributed by atoms with E-state index in [-0.39, 0.29) is 5.82 Å². The van der Waals surface area contributed by atoms with E-state index in [1.54, 1.807) is 18.3 Å². The first-order chi connectivity index (χ1) is 9.34. The summed E-state index contributed by atoms with van der Waals surface area (Å²) < 4.78 is 13.0. The van der Waals surface area contributed by atoms with E-state index in [2.05, 4.69) is 4.98 Å². The van der Waals surface area contributed by atoms with Crippen molar-refractivity contribution in [2.75, 3.05) is 0 Å². The maximum absolute atomic E-state index is 13.0. The third-order valence-corrected chi connectivity index (χ3v) is 3.01. The molecule has 1 nitrogen and oxygen atoms in total. The fourth-order valence-electron chi connectivity index (χ4n) is 2.09. The molecule has 0 aliphatic heterocycles. The van der Waals surface area contributed by atoms with E-state index < -0.39 is 0 Å². The average Bonchev–Trinajstić information content (AvgIpc) is 2.49. The van der Waals surface area contributed by atoms with Gasteiger partial charge in [0.2, 0.25) is 0 Å². The van der Waals surface area contributed by atoms with Gasteiger partial charge in [-0.15, -0.1) is 0 Å². The molecule has 0 saturated carbocycles. The molecule has 0 aliphatic rings. The van der Waals surface area contributed by atoms with Gasteiger partial charge in [-0.1, -0.05) is 48.5 Å².